The van der Waals surface area contributed by atoms with Crippen molar-refractivity contribution in [3.63, 3.8) is 0 Å². The average Bonchev–Trinajstić information content (AvgIpc) is 2.37. The quantitative estimate of drug-likeness (QED) is 0.862. The highest BCUT2D eigenvalue weighted by Crippen LogP contribution is 2.27. The third-order valence-electron chi connectivity index (χ3n) is 3.52. The second-order valence-electron chi connectivity index (χ2n) is 4.61. The molecule has 1 aromatic carbocycles. The summed E-state index contributed by atoms with van der Waals surface area (Å²) in [5.74, 6) is 0.163. The molecule has 0 aromatic heterocycles. The number of benzene rings is 1. The summed E-state index contributed by atoms with van der Waals surface area (Å²) in [7, 11) is 1.66. The van der Waals surface area contributed by atoms with E-state index in [0.29, 0.717) is 6.61 Å². The minimum absolute atomic E-state index is 0.0416. The van der Waals surface area contributed by atoms with Crippen LogP contribution in [0, 0.1) is 5.92 Å². The maximum atomic E-state index is 12.3. The van der Waals surface area contributed by atoms with E-state index in [0.717, 1.165) is 30.4 Å². The first-order chi connectivity index (χ1) is 8.24. The van der Waals surface area contributed by atoms with Crippen LogP contribution in [0.4, 0.5) is 0 Å². The van der Waals surface area contributed by atoms with Gasteiger partial charge >= 0.3 is 0 Å². The van der Waals surface area contributed by atoms with E-state index in [4.69, 9.17) is 10.5 Å². The molecule has 0 heterocycles. The molecular weight excluding hydrogens is 214 g/mol. The van der Waals surface area contributed by atoms with Crippen molar-refractivity contribution < 1.29 is 9.53 Å². The van der Waals surface area contributed by atoms with Crippen LogP contribution < -0.4 is 5.73 Å². The first kappa shape index (κ1) is 12.3. The van der Waals surface area contributed by atoms with Gasteiger partial charge in [0, 0.05) is 31.2 Å². The van der Waals surface area contributed by atoms with Gasteiger partial charge in [-0.1, -0.05) is 24.3 Å². The standard InChI is InChI=1S/C14H19NO2/c1-17-9-8-13(15)12-7-6-10-4-2-3-5-11(10)14(12)16/h2-5,12-13H,6-9,15H2,1H3. The van der Waals surface area contributed by atoms with E-state index in [1.165, 1.54) is 0 Å². The molecule has 2 N–H and O–H groups in total. The van der Waals surface area contributed by atoms with Gasteiger partial charge in [0.2, 0.25) is 0 Å². The Morgan fingerprint density at radius 3 is 3.00 bits per heavy atom. The third kappa shape index (κ3) is 2.56. The Labute approximate surface area is 102 Å². The fourth-order valence-electron chi connectivity index (χ4n) is 2.48. The minimum Gasteiger partial charge on any atom is -0.385 e. The molecule has 3 heteroatoms. The summed E-state index contributed by atoms with van der Waals surface area (Å²) >= 11 is 0. The molecule has 2 unspecified atom stereocenters. The zero-order valence-electron chi connectivity index (χ0n) is 10.2. The lowest BCUT2D eigenvalue weighted by Crippen LogP contribution is -2.39. The molecule has 0 aliphatic heterocycles. The van der Waals surface area contributed by atoms with Crippen LogP contribution in [-0.2, 0) is 11.2 Å². The van der Waals surface area contributed by atoms with Gasteiger partial charge in [-0.2, -0.15) is 0 Å². The van der Waals surface area contributed by atoms with Gasteiger partial charge in [0.1, 0.15) is 0 Å². The number of carbonyl (C=O) groups is 1. The van der Waals surface area contributed by atoms with E-state index < -0.39 is 0 Å². The molecule has 17 heavy (non-hydrogen) atoms. The number of aryl methyl sites for hydroxylation is 1. The number of ether oxygens (including phenoxy) is 1. The van der Waals surface area contributed by atoms with Crippen molar-refractivity contribution in [1.82, 2.24) is 0 Å². The van der Waals surface area contributed by atoms with Gasteiger partial charge < -0.3 is 10.5 Å². The van der Waals surface area contributed by atoms with Gasteiger partial charge in [0.05, 0.1) is 0 Å². The van der Waals surface area contributed by atoms with Gasteiger partial charge in [-0.05, 0) is 24.8 Å². The number of fused-ring (bicyclic) bond motifs is 1. The normalized spacial score (nSPS) is 21.1. The predicted octanol–water partition coefficient (Wildman–Crippen LogP) is 1.80. The molecule has 2 atom stereocenters. The lowest BCUT2D eigenvalue weighted by Gasteiger charge is -2.27. The Morgan fingerprint density at radius 2 is 2.24 bits per heavy atom. The van der Waals surface area contributed by atoms with Crippen molar-refractivity contribution >= 4 is 5.78 Å². The Hall–Kier alpha value is -1.19. The lowest BCUT2D eigenvalue weighted by atomic mass is 9.78. The summed E-state index contributed by atoms with van der Waals surface area (Å²) in [5, 5.41) is 0. The highest BCUT2D eigenvalue weighted by atomic mass is 16.5. The van der Waals surface area contributed by atoms with Gasteiger partial charge in [-0.25, -0.2) is 0 Å². The molecule has 1 aliphatic rings. The monoisotopic (exact) mass is 233 g/mol. The van der Waals surface area contributed by atoms with Crippen LogP contribution in [0.25, 0.3) is 0 Å². The Morgan fingerprint density at radius 1 is 1.47 bits per heavy atom. The third-order valence-corrected chi connectivity index (χ3v) is 3.52. The van der Waals surface area contributed by atoms with Crippen molar-refractivity contribution in [2.75, 3.05) is 13.7 Å². The summed E-state index contributed by atoms with van der Waals surface area (Å²) in [4.78, 5) is 12.3. The van der Waals surface area contributed by atoms with Gasteiger partial charge in [-0.15, -0.1) is 0 Å². The number of methoxy groups -OCH3 is 1. The maximum Gasteiger partial charge on any atom is 0.167 e. The van der Waals surface area contributed by atoms with E-state index in [2.05, 4.69) is 0 Å². The van der Waals surface area contributed by atoms with E-state index in [9.17, 15) is 4.79 Å². The number of hydrogen-bond donors (Lipinski definition) is 1. The summed E-state index contributed by atoms with van der Waals surface area (Å²) in [6, 6.07) is 7.75. The predicted molar refractivity (Wildman–Crippen MR) is 67.1 cm³/mol. The number of ketones is 1. The minimum atomic E-state index is -0.0872. The molecule has 1 aromatic rings. The van der Waals surface area contributed by atoms with Gasteiger partial charge in [-0.3, -0.25) is 4.79 Å². The Bertz CT molecular complexity index is 403. The molecule has 0 fully saturated rings. The van der Waals surface area contributed by atoms with Crippen LogP contribution in [0.3, 0.4) is 0 Å². The van der Waals surface area contributed by atoms with Gasteiger partial charge in [0.25, 0.3) is 0 Å². The number of carbonyl (C=O) groups excluding carboxylic acids is 1. The molecule has 92 valence electrons. The van der Waals surface area contributed by atoms with E-state index >= 15 is 0 Å². The summed E-state index contributed by atoms with van der Waals surface area (Å²) < 4.78 is 5.02. The second kappa shape index (κ2) is 5.43. The SMILES string of the molecule is COCCC(N)C1CCc2ccccc2C1=O. The van der Waals surface area contributed by atoms with Gasteiger partial charge in [0.15, 0.2) is 5.78 Å². The van der Waals surface area contributed by atoms with Crippen molar-refractivity contribution in [1.29, 1.82) is 0 Å². The molecule has 0 amide bonds. The number of rotatable bonds is 4. The van der Waals surface area contributed by atoms with E-state index in [1.54, 1.807) is 7.11 Å². The van der Waals surface area contributed by atoms with Crippen molar-refractivity contribution in [2.24, 2.45) is 11.7 Å². The maximum absolute atomic E-state index is 12.3. The van der Waals surface area contributed by atoms with Crippen LogP contribution in [0.15, 0.2) is 24.3 Å². The van der Waals surface area contributed by atoms with E-state index in [1.807, 2.05) is 24.3 Å². The molecule has 0 spiro atoms. The second-order valence-corrected chi connectivity index (χ2v) is 4.61. The zero-order chi connectivity index (χ0) is 12.3. The molecular formula is C14H19NO2. The van der Waals surface area contributed by atoms with Crippen molar-refractivity contribution in [3.05, 3.63) is 35.4 Å². The summed E-state index contributed by atoms with van der Waals surface area (Å²) in [6.45, 7) is 0.618. The smallest absolute Gasteiger partial charge is 0.167 e. The fraction of sp³-hybridized carbons (Fsp3) is 0.500. The molecule has 0 saturated heterocycles. The topological polar surface area (TPSA) is 52.3 Å². The van der Waals surface area contributed by atoms with Crippen LogP contribution in [-0.4, -0.2) is 25.5 Å². The molecule has 0 bridgehead atoms. The fourth-order valence-corrected chi connectivity index (χ4v) is 2.48. The largest absolute Gasteiger partial charge is 0.385 e. The Kier molecular flexibility index (Phi) is 3.92. The first-order valence-corrected chi connectivity index (χ1v) is 6.10. The number of nitrogens with two attached hydrogens (primary N) is 1. The Balaban J connectivity index is 2.11. The van der Waals surface area contributed by atoms with Crippen LogP contribution in [0.2, 0.25) is 0 Å². The van der Waals surface area contributed by atoms with Crippen LogP contribution in [0.1, 0.15) is 28.8 Å². The number of hydrogen-bond acceptors (Lipinski definition) is 3. The van der Waals surface area contributed by atoms with Crippen molar-refractivity contribution in [2.45, 2.75) is 25.3 Å². The van der Waals surface area contributed by atoms with Crippen LogP contribution >= 0.6 is 0 Å². The van der Waals surface area contributed by atoms with E-state index in [-0.39, 0.29) is 17.7 Å². The average molecular weight is 233 g/mol. The first-order valence-electron chi connectivity index (χ1n) is 6.10. The summed E-state index contributed by atoms with van der Waals surface area (Å²) in [5.41, 5.74) is 8.10. The summed E-state index contributed by atoms with van der Waals surface area (Å²) in [6.07, 6.45) is 2.56. The number of Topliss-reactive ketones (excluding diaryl/α,β-unsaturated/α-hetero) is 1. The zero-order valence-corrected chi connectivity index (χ0v) is 10.2. The van der Waals surface area contributed by atoms with Crippen molar-refractivity contribution in [3.8, 4) is 0 Å². The molecule has 3 nitrogen and oxygen atoms in total. The molecule has 0 radical (unpaired) electrons. The lowest BCUT2D eigenvalue weighted by molar-refractivity contribution is 0.0864. The highest BCUT2D eigenvalue weighted by Gasteiger charge is 2.31. The highest BCUT2D eigenvalue weighted by molar-refractivity contribution is 6.00. The molecule has 2 rings (SSSR count). The molecule has 0 saturated carbocycles. The van der Waals surface area contributed by atoms with Crippen LogP contribution in [0.5, 0.6) is 0 Å². The molecule has 1 aliphatic carbocycles.